The Hall–Kier alpha value is -3.73. The zero-order valence-electron chi connectivity index (χ0n) is 19.8. The summed E-state index contributed by atoms with van der Waals surface area (Å²) >= 11 is 0. The van der Waals surface area contributed by atoms with Gasteiger partial charge in [0.05, 0.1) is 16.6 Å². The lowest BCUT2D eigenvalue weighted by Crippen LogP contribution is -2.36. The predicted molar refractivity (Wildman–Crippen MR) is 133 cm³/mol. The number of alkyl halides is 3. The summed E-state index contributed by atoms with van der Waals surface area (Å²) in [5.74, 6) is -0.523. The SMILES string of the molecule is CS(=O)(=O)c1ccccc1C(=O)C1CCN(c2ccnc3ccc(-c4cn[nH]c4C(F)(F)F)cc23)CC1. The first-order valence-corrected chi connectivity index (χ1v) is 13.5. The molecule has 5 rings (SSSR count). The van der Waals surface area contributed by atoms with Crippen molar-refractivity contribution < 1.29 is 26.4 Å². The van der Waals surface area contributed by atoms with Gasteiger partial charge in [-0.2, -0.15) is 18.3 Å². The van der Waals surface area contributed by atoms with Crippen LogP contribution in [0.25, 0.3) is 22.0 Å². The van der Waals surface area contributed by atoms with Gasteiger partial charge in [-0.3, -0.25) is 14.9 Å². The van der Waals surface area contributed by atoms with Crippen LogP contribution in [0.3, 0.4) is 0 Å². The Labute approximate surface area is 211 Å². The van der Waals surface area contributed by atoms with E-state index in [0.717, 1.165) is 18.1 Å². The smallest absolute Gasteiger partial charge is 0.371 e. The Bertz CT molecular complexity index is 1590. The highest BCUT2D eigenvalue weighted by Gasteiger charge is 2.36. The van der Waals surface area contributed by atoms with Gasteiger partial charge in [-0.25, -0.2) is 8.42 Å². The normalized spacial score (nSPS) is 15.3. The van der Waals surface area contributed by atoms with Gasteiger partial charge in [0.25, 0.3) is 0 Å². The van der Waals surface area contributed by atoms with Crippen LogP contribution in [0.15, 0.2) is 65.8 Å². The summed E-state index contributed by atoms with van der Waals surface area (Å²) in [5, 5.41) is 6.33. The van der Waals surface area contributed by atoms with Crippen molar-refractivity contribution in [3.63, 3.8) is 0 Å². The third-order valence-electron chi connectivity index (χ3n) is 6.71. The number of benzene rings is 2. The number of carbonyl (C=O) groups is 1. The number of nitrogens with zero attached hydrogens (tertiary/aromatic N) is 3. The minimum absolute atomic E-state index is 0.0348. The molecule has 0 atom stereocenters. The number of fused-ring (bicyclic) bond motifs is 1. The van der Waals surface area contributed by atoms with E-state index in [-0.39, 0.29) is 27.7 Å². The largest absolute Gasteiger partial charge is 0.433 e. The molecule has 0 amide bonds. The second-order valence-corrected chi connectivity index (χ2v) is 11.1. The fraction of sp³-hybridized carbons (Fsp3) is 0.269. The van der Waals surface area contributed by atoms with E-state index in [4.69, 9.17) is 0 Å². The molecule has 37 heavy (non-hydrogen) atoms. The number of piperidine rings is 1. The van der Waals surface area contributed by atoms with E-state index in [1.54, 1.807) is 42.6 Å². The Morgan fingerprint density at radius 2 is 1.81 bits per heavy atom. The Kier molecular flexibility index (Phi) is 6.26. The zero-order valence-corrected chi connectivity index (χ0v) is 20.6. The molecule has 11 heteroatoms. The molecule has 1 aliphatic rings. The molecule has 0 bridgehead atoms. The lowest BCUT2D eigenvalue weighted by Gasteiger charge is -2.34. The number of aromatic amines is 1. The molecule has 2 aromatic heterocycles. The molecule has 1 fully saturated rings. The molecule has 1 saturated heterocycles. The predicted octanol–water partition coefficient (Wildman–Crippen LogP) is 5.15. The van der Waals surface area contributed by atoms with E-state index in [1.165, 1.54) is 6.07 Å². The lowest BCUT2D eigenvalue weighted by atomic mass is 9.88. The highest BCUT2D eigenvalue weighted by molar-refractivity contribution is 7.90. The van der Waals surface area contributed by atoms with E-state index >= 15 is 0 Å². The number of halogens is 3. The molecule has 4 aromatic rings. The number of hydrogen-bond acceptors (Lipinski definition) is 6. The van der Waals surface area contributed by atoms with E-state index < -0.39 is 21.7 Å². The molecule has 0 unspecified atom stereocenters. The summed E-state index contributed by atoms with van der Waals surface area (Å²) in [6.45, 7) is 1.06. The molecule has 2 aromatic carbocycles. The van der Waals surface area contributed by atoms with Gasteiger partial charge in [-0.05, 0) is 42.7 Å². The fourth-order valence-electron chi connectivity index (χ4n) is 4.89. The standard InChI is InChI=1S/C26H23F3N4O3S/c1-37(35,36)23-5-3-2-4-18(23)24(34)16-9-12-33(13-10-16)22-8-11-30-21-7-6-17(14-19(21)22)20-15-31-32-25(20)26(27,28)29/h2-8,11,14-16H,9-10,12-13H2,1H3,(H,31,32). The van der Waals surface area contributed by atoms with Gasteiger partial charge in [0.1, 0.15) is 5.69 Å². The molecule has 1 N–H and O–H groups in total. The fourth-order valence-corrected chi connectivity index (χ4v) is 5.79. The van der Waals surface area contributed by atoms with Crippen LogP contribution in [0.2, 0.25) is 0 Å². The highest BCUT2D eigenvalue weighted by Crippen LogP contribution is 2.38. The number of hydrogen-bond donors (Lipinski definition) is 1. The first-order chi connectivity index (χ1) is 17.5. The van der Waals surface area contributed by atoms with Gasteiger partial charge in [-0.15, -0.1) is 0 Å². The summed E-state index contributed by atoms with van der Waals surface area (Å²) in [6.07, 6.45) is 0.358. The van der Waals surface area contributed by atoms with Gasteiger partial charge >= 0.3 is 6.18 Å². The number of sulfone groups is 1. The van der Waals surface area contributed by atoms with Gasteiger partial charge < -0.3 is 4.90 Å². The number of aromatic nitrogens is 3. The van der Waals surface area contributed by atoms with Crippen molar-refractivity contribution in [3.8, 4) is 11.1 Å². The summed E-state index contributed by atoms with van der Waals surface area (Å²) in [4.78, 5) is 19.7. The topological polar surface area (TPSA) is 96.0 Å². The van der Waals surface area contributed by atoms with Crippen molar-refractivity contribution in [2.45, 2.75) is 23.9 Å². The van der Waals surface area contributed by atoms with E-state index in [9.17, 15) is 26.4 Å². The molecule has 0 radical (unpaired) electrons. The molecule has 1 aliphatic heterocycles. The molecule has 0 spiro atoms. The number of rotatable bonds is 5. The summed E-state index contributed by atoms with van der Waals surface area (Å²) in [5.41, 5.74) is 1.07. The van der Waals surface area contributed by atoms with Crippen LogP contribution in [0.1, 0.15) is 28.9 Å². The monoisotopic (exact) mass is 528 g/mol. The summed E-state index contributed by atoms with van der Waals surface area (Å²) in [6, 6.07) is 13.0. The molecule has 0 aliphatic carbocycles. The number of nitrogens with one attached hydrogen (secondary N) is 1. The van der Waals surface area contributed by atoms with Crippen LogP contribution in [-0.4, -0.2) is 48.7 Å². The number of pyridine rings is 1. The first kappa shape index (κ1) is 24.9. The van der Waals surface area contributed by atoms with Crippen LogP contribution >= 0.6 is 0 Å². The quantitative estimate of drug-likeness (QED) is 0.360. The lowest BCUT2D eigenvalue weighted by molar-refractivity contribution is -0.140. The summed E-state index contributed by atoms with van der Waals surface area (Å²) < 4.78 is 64.6. The molecular formula is C26H23F3N4O3S. The van der Waals surface area contributed by atoms with E-state index in [2.05, 4.69) is 15.0 Å². The number of ketones is 1. The number of anilines is 1. The maximum absolute atomic E-state index is 13.4. The molecule has 7 nitrogen and oxygen atoms in total. The number of Topliss-reactive ketones (excluding diaryl/α,β-unsaturated/α-hetero) is 1. The third-order valence-corrected chi connectivity index (χ3v) is 7.87. The van der Waals surface area contributed by atoms with Crippen LogP contribution in [0.5, 0.6) is 0 Å². The highest BCUT2D eigenvalue weighted by atomic mass is 32.2. The Morgan fingerprint density at radius 3 is 2.51 bits per heavy atom. The van der Waals surface area contributed by atoms with Crippen LogP contribution in [0.4, 0.5) is 18.9 Å². The van der Waals surface area contributed by atoms with Crippen molar-refractivity contribution in [3.05, 3.63) is 72.2 Å². The zero-order chi connectivity index (χ0) is 26.4. The van der Waals surface area contributed by atoms with Crippen molar-refractivity contribution in [2.24, 2.45) is 5.92 Å². The minimum Gasteiger partial charge on any atom is -0.371 e. The van der Waals surface area contributed by atoms with Crippen molar-refractivity contribution in [2.75, 3.05) is 24.2 Å². The second kappa shape index (κ2) is 9.29. The number of carbonyl (C=O) groups excluding carboxylic acids is 1. The molecule has 192 valence electrons. The van der Waals surface area contributed by atoms with Crippen molar-refractivity contribution >= 4 is 32.2 Å². The summed E-state index contributed by atoms with van der Waals surface area (Å²) in [7, 11) is -3.55. The average molecular weight is 529 g/mol. The van der Waals surface area contributed by atoms with E-state index in [0.29, 0.717) is 42.4 Å². The minimum atomic E-state index is -4.57. The molecular weight excluding hydrogens is 505 g/mol. The van der Waals surface area contributed by atoms with Crippen LogP contribution < -0.4 is 4.90 Å². The number of H-pyrrole nitrogens is 1. The molecule has 0 saturated carbocycles. The maximum atomic E-state index is 13.4. The van der Waals surface area contributed by atoms with E-state index in [1.807, 2.05) is 11.2 Å². The van der Waals surface area contributed by atoms with Crippen LogP contribution in [0, 0.1) is 5.92 Å². The molecule has 3 heterocycles. The Balaban J connectivity index is 1.41. The maximum Gasteiger partial charge on any atom is 0.433 e. The third kappa shape index (κ3) is 4.83. The van der Waals surface area contributed by atoms with Gasteiger partial charge in [-0.1, -0.05) is 24.3 Å². The van der Waals surface area contributed by atoms with Gasteiger partial charge in [0.2, 0.25) is 0 Å². The first-order valence-electron chi connectivity index (χ1n) is 11.6. The van der Waals surface area contributed by atoms with Crippen molar-refractivity contribution in [1.29, 1.82) is 0 Å². The van der Waals surface area contributed by atoms with Gasteiger partial charge in [0, 0.05) is 53.7 Å². The second-order valence-electron chi connectivity index (χ2n) is 9.11. The average Bonchev–Trinajstić information content (AvgIpc) is 3.38. The van der Waals surface area contributed by atoms with Gasteiger partial charge in [0.15, 0.2) is 15.6 Å². The van der Waals surface area contributed by atoms with Crippen LogP contribution in [-0.2, 0) is 16.0 Å². The van der Waals surface area contributed by atoms with Crippen molar-refractivity contribution in [1.82, 2.24) is 15.2 Å². The Morgan fingerprint density at radius 1 is 1.08 bits per heavy atom.